The van der Waals surface area contributed by atoms with Crippen LogP contribution in [-0.2, 0) is 0 Å². The van der Waals surface area contributed by atoms with Crippen molar-refractivity contribution < 1.29 is 9.18 Å². The maximum absolute atomic E-state index is 12.9. The maximum atomic E-state index is 12.9. The minimum absolute atomic E-state index is 0.200. The summed E-state index contributed by atoms with van der Waals surface area (Å²) in [6, 6.07) is 15.0. The van der Waals surface area contributed by atoms with E-state index in [9.17, 15) is 9.18 Å². The van der Waals surface area contributed by atoms with Gasteiger partial charge in [0.05, 0.1) is 18.1 Å². The molecule has 3 rings (SSSR count). The standard InChI is InChI=1S/C17H12FN3O/c18-13-6-8-14(9-7-13)20-17(22)16-11-19-10-15(21-16)12-4-2-1-3-5-12/h1-11H,(H,20,22). The minimum Gasteiger partial charge on any atom is -0.321 e. The van der Waals surface area contributed by atoms with Crippen LogP contribution < -0.4 is 5.32 Å². The molecule has 0 aliphatic heterocycles. The Bertz CT molecular complexity index is 789. The Balaban J connectivity index is 1.82. The van der Waals surface area contributed by atoms with Gasteiger partial charge in [0, 0.05) is 11.3 Å². The van der Waals surface area contributed by atoms with Crippen LogP contribution in [0.1, 0.15) is 10.5 Å². The first kappa shape index (κ1) is 13.9. The summed E-state index contributed by atoms with van der Waals surface area (Å²) in [5.74, 6) is -0.749. The van der Waals surface area contributed by atoms with Crippen molar-refractivity contribution in [3.05, 3.63) is 78.5 Å². The third-order valence-electron chi connectivity index (χ3n) is 3.04. The summed E-state index contributed by atoms with van der Waals surface area (Å²) < 4.78 is 12.9. The number of carbonyl (C=O) groups excluding carboxylic acids is 1. The van der Waals surface area contributed by atoms with E-state index in [0.717, 1.165) is 5.56 Å². The molecule has 0 saturated heterocycles. The second kappa shape index (κ2) is 6.13. The van der Waals surface area contributed by atoms with Gasteiger partial charge in [0.15, 0.2) is 0 Å². The first-order chi connectivity index (χ1) is 10.7. The van der Waals surface area contributed by atoms with Gasteiger partial charge >= 0.3 is 0 Å². The number of nitrogens with one attached hydrogen (secondary N) is 1. The molecular weight excluding hydrogens is 281 g/mol. The Hall–Kier alpha value is -3.08. The topological polar surface area (TPSA) is 54.9 Å². The van der Waals surface area contributed by atoms with Crippen molar-refractivity contribution in [2.24, 2.45) is 0 Å². The normalized spacial score (nSPS) is 10.2. The number of anilines is 1. The first-order valence-corrected chi connectivity index (χ1v) is 6.67. The van der Waals surface area contributed by atoms with Crippen LogP contribution in [0.25, 0.3) is 11.3 Å². The Labute approximate surface area is 126 Å². The molecule has 0 fully saturated rings. The lowest BCUT2D eigenvalue weighted by atomic mass is 10.1. The van der Waals surface area contributed by atoms with Crippen LogP contribution in [0.3, 0.4) is 0 Å². The van der Waals surface area contributed by atoms with Gasteiger partial charge in [-0.1, -0.05) is 30.3 Å². The highest BCUT2D eigenvalue weighted by molar-refractivity contribution is 6.02. The molecule has 1 amide bonds. The van der Waals surface area contributed by atoms with E-state index in [-0.39, 0.29) is 11.5 Å². The minimum atomic E-state index is -0.392. The molecule has 0 atom stereocenters. The second-order valence-corrected chi connectivity index (χ2v) is 4.62. The molecule has 2 aromatic carbocycles. The van der Waals surface area contributed by atoms with Gasteiger partial charge in [0.2, 0.25) is 0 Å². The molecule has 108 valence electrons. The van der Waals surface area contributed by atoms with Gasteiger partial charge in [-0.15, -0.1) is 0 Å². The number of benzene rings is 2. The van der Waals surface area contributed by atoms with Gasteiger partial charge in [-0.2, -0.15) is 0 Å². The zero-order valence-corrected chi connectivity index (χ0v) is 11.5. The van der Waals surface area contributed by atoms with Gasteiger partial charge in [0.25, 0.3) is 5.91 Å². The molecule has 3 aromatic rings. The molecule has 22 heavy (non-hydrogen) atoms. The summed E-state index contributed by atoms with van der Waals surface area (Å²) in [4.78, 5) is 20.5. The number of aromatic nitrogens is 2. The van der Waals surface area contributed by atoms with E-state index in [2.05, 4.69) is 15.3 Å². The smallest absolute Gasteiger partial charge is 0.275 e. The highest BCUT2D eigenvalue weighted by Crippen LogP contribution is 2.16. The van der Waals surface area contributed by atoms with E-state index >= 15 is 0 Å². The zero-order valence-electron chi connectivity index (χ0n) is 11.5. The van der Waals surface area contributed by atoms with Crippen LogP contribution in [0.5, 0.6) is 0 Å². The van der Waals surface area contributed by atoms with Crippen LogP contribution in [0.2, 0.25) is 0 Å². The predicted molar refractivity (Wildman–Crippen MR) is 81.8 cm³/mol. The average molecular weight is 293 g/mol. The monoisotopic (exact) mass is 293 g/mol. The zero-order chi connectivity index (χ0) is 15.4. The number of hydrogen-bond donors (Lipinski definition) is 1. The molecule has 0 unspecified atom stereocenters. The Morgan fingerprint density at radius 3 is 2.41 bits per heavy atom. The van der Waals surface area contributed by atoms with Gasteiger partial charge in [-0.05, 0) is 24.3 Å². The molecule has 0 radical (unpaired) electrons. The van der Waals surface area contributed by atoms with Crippen molar-refractivity contribution >= 4 is 11.6 Å². The summed E-state index contributed by atoms with van der Waals surface area (Å²) in [6.07, 6.45) is 3.00. The quantitative estimate of drug-likeness (QED) is 0.803. The molecule has 0 saturated carbocycles. The summed E-state index contributed by atoms with van der Waals surface area (Å²) in [5, 5.41) is 2.66. The number of nitrogens with zero attached hydrogens (tertiary/aromatic N) is 2. The summed E-state index contributed by atoms with van der Waals surface area (Å²) in [7, 11) is 0. The lowest BCUT2D eigenvalue weighted by molar-refractivity contribution is 0.102. The molecule has 0 spiro atoms. The lowest BCUT2D eigenvalue weighted by Crippen LogP contribution is -2.14. The average Bonchev–Trinajstić information content (AvgIpc) is 2.58. The van der Waals surface area contributed by atoms with Crippen LogP contribution in [0, 0.1) is 5.82 Å². The van der Waals surface area contributed by atoms with Gasteiger partial charge in [-0.3, -0.25) is 9.78 Å². The fourth-order valence-corrected chi connectivity index (χ4v) is 1.95. The molecule has 5 heteroatoms. The molecular formula is C17H12FN3O. The van der Waals surface area contributed by atoms with E-state index in [0.29, 0.717) is 11.4 Å². The summed E-state index contributed by atoms with van der Waals surface area (Å²) in [6.45, 7) is 0. The van der Waals surface area contributed by atoms with E-state index in [1.54, 1.807) is 6.20 Å². The van der Waals surface area contributed by atoms with Gasteiger partial charge < -0.3 is 5.32 Å². The SMILES string of the molecule is O=C(Nc1ccc(F)cc1)c1cncc(-c2ccccc2)n1. The molecule has 4 nitrogen and oxygen atoms in total. The van der Waals surface area contributed by atoms with Gasteiger partial charge in [0.1, 0.15) is 11.5 Å². The van der Waals surface area contributed by atoms with Crippen LogP contribution in [0.15, 0.2) is 67.0 Å². The van der Waals surface area contributed by atoms with Crippen molar-refractivity contribution in [1.82, 2.24) is 9.97 Å². The van der Waals surface area contributed by atoms with Crippen molar-refractivity contribution in [2.75, 3.05) is 5.32 Å². The third-order valence-corrected chi connectivity index (χ3v) is 3.04. The Morgan fingerprint density at radius 1 is 0.955 bits per heavy atom. The van der Waals surface area contributed by atoms with Crippen molar-refractivity contribution in [1.29, 1.82) is 0 Å². The van der Waals surface area contributed by atoms with Crippen molar-refractivity contribution in [3.63, 3.8) is 0 Å². The number of halogens is 1. The number of carbonyl (C=O) groups is 1. The molecule has 1 heterocycles. The fourth-order valence-electron chi connectivity index (χ4n) is 1.95. The first-order valence-electron chi connectivity index (χ1n) is 6.67. The van der Waals surface area contributed by atoms with E-state index < -0.39 is 5.91 Å². The van der Waals surface area contributed by atoms with Crippen LogP contribution >= 0.6 is 0 Å². The van der Waals surface area contributed by atoms with Crippen LogP contribution in [0.4, 0.5) is 10.1 Å². The predicted octanol–water partition coefficient (Wildman–Crippen LogP) is 3.54. The lowest BCUT2D eigenvalue weighted by Gasteiger charge is -2.06. The Kier molecular flexibility index (Phi) is 3.87. The largest absolute Gasteiger partial charge is 0.321 e. The van der Waals surface area contributed by atoms with E-state index in [4.69, 9.17) is 0 Å². The maximum Gasteiger partial charge on any atom is 0.275 e. The third kappa shape index (κ3) is 3.15. The fraction of sp³-hybridized carbons (Fsp3) is 0. The number of hydrogen-bond acceptors (Lipinski definition) is 3. The van der Waals surface area contributed by atoms with Crippen molar-refractivity contribution in [2.45, 2.75) is 0 Å². The molecule has 0 aliphatic rings. The molecule has 1 N–H and O–H groups in total. The summed E-state index contributed by atoms with van der Waals surface area (Å²) in [5.41, 5.74) is 2.20. The van der Waals surface area contributed by atoms with Gasteiger partial charge in [-0.25, -0.2) is 9.37 Å². The Morgan fingerprint density at radius 2 is 1.68 bits per heavy atom. The van der Waals surface area contributed by atoms with E-state index in [1.165, 1.54) is 30.5 Å². The summed E-state index contributed by atoms with van der Waals surface area (Å²) >= 11 is 0. The number of amides is 1. The van der Waals surface area contributed by atoms with Crippen LogP contribution in [-0.4, -0.2) is 15.9 Å². The second-order valence-electron chi connectivity index (χ2n) is 4.62. The van der Waals surface area contributed by atoms with E-state index in [1.807, 2.05) is 30.3 Å². The highest BCUT2D eigenvalue weighted by atomic mass is 19.1. The highest BCUT2D eigenvalue weighted by Gasteiger charge is 2.10. The molecule has 0 aliphatic carbocycles. The molecule has 0 bridgehead atoms. The number of rotatable bonds is 3. The molecule has 1 aromatic heterocycles. The van der Waals surface area contributed by atoms with Crippen molar-refractivity contribution in [3.8, 4) is 11.3 Å².